The van der Waals surface area contributed by atoms with Gasteiger partial charge in [0.2, 0.25) is 0 Å². The molecule has 0 aromatic rings. The Bertz CT molecular complexity index is 19.1. The van der Waals surface area contributed by atoms with Crippen LogP contribution in [0.4, 0.5) is 0 Å². The van der Waals surface area contributed by atoms with Crippen molar-refractivity contribution in [3.05, 3.63) is 0 Å². The average Bonchev–Trinajstić information content (AvgIpc) is 0.722. The zero-order chi connectivity index (χ0) is 4.50. The van der Waals surface area contributed by atoms with Crippen molar-refractivity contribution >= 4 is 49.6 Å². The van der Waals surface area contributed by atoms with E-state index in [0.717, 1.165) is 0 Å². The summed E-state index contributed by atoms with van der Waals surface area (Å²) < 4.78 is 0. The van der Waals surface area contributed by atoms with Crippen LogP contribution in [-0.2, 0) is 0 Å². The van der Waals surface area contributed by atoms with Crippen LogP contribution in [0.3, 0.4) is 0 Å². The Balaban J connectivity index is 3.02. The van der Waals surface area contributed by atoms with Crippen molar-refractivity contribution in [3.8, 4) is 0 Å². The fourth-order valence-electron chi connectivity index (χ4n) is 0. The van der Waals surface area contributed by atoms with E-state index in [4.69, 9.17) is 40.0 Å². The molecular weight excluding hydrogens is 214 g/mol. The third-order valence-corrected chi connectivity index (χ3v) is 0. The molecule has 0 aliphatic carbocycles. The number of hydrogen-bond acceptors (Lipinski definition) is 0. The fraction of sp³-hybridized carbons (Fsp3) is 0. The Morgan fingerprint density at radius 3 is 0.800 bits per heavy atom. The summed E-state index contributed by atoms with van der Waals surface area (Å²) in [5.41, 5.74) is 0. The zero-order valence-electron chi connectivity index (χ0n) is 2.01. The van der Waals surface area contributed by atoms with Gasteiger partial charge in [-0.05, 0) is 0 Å². The van der Waals surface area contributed by atoms with Crippen LogP contribution in [0.5, 0.6) is 0 Å². The number of halogens is 4. The van der Waals surface area contributed by atoms with Crippen LogP contribution in [0.15, 0.2) is 0 Å². The van der Waals surface area contributed by atoms with E-state index in [2.05, 4.69) is 0 Å². The Labute approximate surface area is 49.4 Å². The summed E-state index contributed by atoms with van der Waals surface area (Å²) in [6, 6.07) is 0. The summed E-state index contributed by atoms with van der Waals surface area (Å²) >= 11 is 0. The van der Waals surface area contributed by atoms with Gasteiger partial charge in [-0.15, -0.1) is 0 Å². The summed E-state index contributed by atoms with van der Waals surface area (Å²) in [5, 5.41) is 0. The summed E-state index contributed by atoms with van der Waals surface area (Å²) in [6.07, 6.45) is 0. The molecule has 32 valence electrons. The van der Waals surface area contributed by atoms with E-state index < -0.39 is 9.55 Å². The van der Waals surface area contributed by atoms with Gasteiger partial charge in [0.05, 0.1) is 0 Å². The third kappa shape index (κ3) is 27.0. The number of hydrogen-bond donors (Lipinski definition) is 0. The van der Waals surface area contributed by atoms with Crippen molar-refractivity contribution < 1.29 is 0 Å². The first-order valence-corrected chi connectivity index (χ1v) is 11.8. The van der Waals surface area contributed by atoms with E-state index in [1.165, 1.54) is 0 Å². The van der Waals surface area contributed by atoms with E-state index in [0.29, 0.717) is 0 Å². The standard InChI is InChI=1S/Cl4Ge/c1-5(2,3)4. The molecule has 0 heterocycles. The monoisotopic (exact) mass is 214 g/mol. The first kappa shape index (κ1) is 6.70. The molecule has 5 heavy (non-hydrogen) atoms. The molecule has 0 N–H and O–H groups in total. The van der Waals surface area contributed by atoms with Gasteiger partial charge in [-0.25, -0.2) is 0 Å². The van der Waals surface area contributed by atoms with Gasteiger partial charge >= 0.3 is 49.6 Å². The molecule has 0 aliphatic rings. The summed E-state index contributed by atoms with van der Waals surface area (Å²) in [5.74, 6) is 0. The minimum absolute atomic E-state index is 3.11. The number of rotatable bonds is 0. The molecule has 0 saturated heterocycles. The molecule has 0 rings (SSSR count). The summed E-state index contributed by atoms with van der Waals surface area (Å²) in [6.45, 7) is 0. The molecule has 0 bridgehead atoms. The second-order valence-electron chi connectivity index (χ2n) is 0.429. The first-order chi connectivity index (χ1) is 2.00. The first-order valence-electron chi connectivity index (χ1n) is 0.756. The second kappa shape index (κ2) is 2.13. The van der Waals surface area contributed by atoms with Gasteiger partial charge in [0.1, 0.15) is 0 Å². The van der Waals surface area contributed by atoms with Crippen molar-refractivity contribution in [1.29, 1.82) is 0 Å². The van der Waals surface area contributed by atoms with E-state index in [-0.39, 0.29) is 0 Å². The fourth-order valence-corrected chi connectivity index (χ4v) is 0. The van der Waals surface area contributed by atoms with Crippen molar-refractivity contribution in [2.24, 2.45) is 0 Å². The van der Waals surface area contributed by atoms with Crippen molar-refractivity contribution in [3.63, 3.8) is 0 Å². The van der Waals surface area contributed by atoms with E-state index in [9.17, 15) is 0 Å². The van der Waals surface area contributed by atoms with E-state index in [1.54, 1.807) is 0 Å². The van der Waals surface area contributed by atoms with Crippen LogP contribution in [0, 0.1) is 0 Å². The van der Waals surface area contributed by atoms with Crippen molar-refractivity contribution in [2.75, 3.05) is 0 Å². The molecule has 0 aliphatic heterocycles. The van der Waals surface area contributed by atoms with Crippen LogP contribution in [0.1, 0.15) is 0 Å². The Morgan fingerprint density at radius 2 is 0.800 bits per heavy atom. The van der Waals surface area contributed by atoms with Gasteiger partial charge in [0.25, 0.3) is 0 Å². The SMILES string of the molecule is [Cl][Ge]([Cl])([Cl])[Cl]. The topological polar surface area (TPSA) is 0 Å². The summed E-state index contributed by atoms with van der Waals surface area (Å²) in [7, 11) is 16.9. The molecule has 0 amide bonds. The van der Waals surface area contributed by atoms with E-state index in [1.807, 2.05) is 0 Å². The predicted octanol–water partition coefficient (Wildman–Crippen LogP) is 2.38. The maximum absolute atomic E-state index is 5.01. The van der Waals surface area contributed by atoms with Crippen LogP contribution in [0.2, 0.25) is 0 Å². The maximum atomic E-state index is 5.01. The molecular formula is Cl4Ge. The Hall–Kier alpha value is 1.70. The zero-order valence-corrected chi connectivity index (χ0v) is 7.13. The van der Waals surface area contributed by atoms with Crippen LogP contribution in [0.25, 0.3) is 0 Å². The molecule has 5 heteroatoms. The average molecular weight is 214 g/mol. The van der Waals surface area contributed by atoms with Crippen LogP contribution >= 0.6 is 40.0 Å². The van der Waals surface area contributed by atoms with E-state index >= 15 is 0 Å². The molecule has 0 radical (unpaired) electrons. The normalized spacial score (nSPS) is 12.0. The molecule has 0 nitrogen and oxygen atoms in total. The van der Waals surface area contributed by atoms with Crippen LogP contribution in [-0.4, -0.2) is 9.55 Å². The molecule has 0 aromatic carbocycles. The summed E-state index contributed by atoms with van der Waals surface area (Å²) in [4.78, 5) is 0. The van der Waals surface area contributed by atoms with Crippen molar-refractivity contribution in [2.45, 2.75) is 0 Å². The molecule has 0 saturated carbocycles. The van der Waals surface area contributed by atoms with Gasteiger partial charge < -0.3 is 0 Å². The van der Waals surface area contributed by atoms with Gasteiger partial charge in [-0.1, -0.05) is 0 Å². The predicted molar refractivity (Wildman–Crippen MR) is 29.2 cm³/mol. The van der Waals surface area contributed by atoms with Gasteiger partial charge in [0.15, 0.2) is 0 Å². The Kier molecular flexibility index (Phi) is 2.85. The minimum atomic E-state index is -3.11. The molecule has 0 fully saturated rings. The molecule has 0 spiro atoms. The van der Waals surface area contributed by atoms with Gasteiger partial charge in [-0.3, -0.25) is 0 Å². The molecule has 0 unspecified atom stereocenters. The molecule has 0 aromatic heterocycles. The second-order valence-corrected chi connectivity index (χ2v) is 20.0. The van der Waals surface area contributed by atoms with Gasteiger partial charge in [-0.2, -0.15) is 0 Å². The van der Waals surface area contributed by atoms with Crippen LogP contribution < -0.4 is 0 Å². The quantitative estimate of drug-likeness (QED) is 0.543. The van der Waals surface area contributed by atoms with Gasteiger partial charge in [0, 0.05) is 0 Å². The molecule has 0 atom stereocenters. The Morgan fingerprint density at radius 1 is 0.800 bits per heavy atom. The van der Waals surface area contributed by atoms with Crippen molar-refractivity contribution in [1.82, 2.24) is 0 Å². The third-order valence-electron chi connectivity index (χ3n) is 0.